The van der Waals surface area contributed by atoms with Crippen molar-refractivity contribution in [3.8, 4) is 0 Å². The summed E-state index contributed by atoms with van der Waals surface area (Å²) in [6, 6.07) is 6.64. The highest BCUT2D eigenvalue weighted by atomic mass is 35.5. The van der Waals surface area contributed by atoms with Crippen molar-refractivity contribution < 1.29 is 0 Å². The molecule has 1 aromatic carbocycles. The first-order valence-electron chi connectivity index (χ1n) is 6.37. The van der Waals surface area contributed by atoms with Crippen LogP contribution in [-0.4, -0.2) is 17.3 Å². The SMILES string of the molecule is Clc1ccc2c(c1)C(NCCc1nccs1)CCS2. The molecule has 0 radical (unpaired) electrons. The first-order chi connectivity index (χ1) is 9.33. The van der Waals surface area contributed by atoms with E-state index in [0.29, 0.717) is 6.04 Å². The normalized spacial score (nSPS) is 18.3. The van der Waals surface area contributed by atoms with Crippen LogP contribution in [0.25, 0.3) is 0 Å². The van der Waals surface area contributed by atoms with Crippen LogP contribution in [0.1, 0.15) is 23.0 Å². The minimum absolute atomic E-state index is 0.426. The van der Waals surface area contributed by atoms with E-state index >= 15 is 0 Å². The third kappa shape index (κ3) is 3.31. The molecule has 0 amide bonds. The number of rotatable bonds is 4. The van der Waals surface area contributed by atoms with Gasteiger partial charge in [0, 0.05) is 40.5 Å². The van der Waals surface area contributed by atoms with E-state index in [1.54, 1.807) is 11.3 Å². The molecular formula is C14H15ClN2S2. The predicted molar refractivity (Wildman–Crippen MR) is 83.4 cm³/mol. The van der Waals surface area contributed by atoms with Crippen molar-refractivity contribution in [2.45, 2.75) is 23.8 Å². The fraction of sp³-hybridized carbons (Fsp3) is 0.357. The van der Waals surface area contributed by atoms with E-state index in [4.69, 9.17) is 11.6 Å². The van der Waals surface area contributed by atoms with Gasteiger partial charge >= 0.3 is 0 Å². The van der Waals surface area contributed by atoms with Crippen LogP contribution in [0.3, 0.4) is 0 Å². The highest BCUT2D eigenvalue weighted by Gasteiger charge is 2.20. The number of nitrogens with zero attached hydrogens (tertiary/aromatic N) is 1. The molecule has 1 N–H and O–H groups in total. The van der Waals surface area contributed by atoms with E-state index in [0.717, 1.165) is 24.4 Å². The molecule has 3 rings (SSSR count). The van der Waals surface area contributed by atoms with Gasteiger partial charge in [0.2, 0.25) is 0 Å². The Morgan fingerprint density at radius 1 is 1.42 bits per heavy atom. The van der Waals surface area contributed by atoms with Crippen LogP contribution >= 0.6 is 34.7 Å². The summed E-state index contributed by atoms with van der Waals surface area (Å²) < 4.78 is 0. The quantitative estimate of drug-likeness (QED) is 0.917. The Morgan fingerprint density at radius 3 is 3.21 bits per heavy atom. The van der Waals surface area contributed by atoms with Gasteiger partial charge in [-0.1, -0.05) is 11.6 Å². The molecule has 2 nitrogen and oxygen atoms in total. The van der Waals surface area contributed by atoms with Gasteiger partial charge in [0.15, 0.2) is 0 Å². The van der Waals surface area contributed by atoms with Gasteiger partial charge in [-0.15, -0.1) is 23.1 Å². The second-order valence-corrected chi connectivity index (χ2v) is 7.05. The van der Waals surface area contributed by atoms with Gasteiger partial charge in [0.05, 0.1) is 5.01 Å². The number of fused-ring (bicyclic) bond motifs is 1. The fourth-order valence-electron chi connectivity index (χ4n) is 2.31. The molecule has 0 bridgehead atoms. The predicted octanol–water partition coefficient (Wildman–Crippen LogP) is 4.17. The van der Waals surface area contributed by atoms with Crippen molar-refractivity contribution in [1.82, 2.24) is 10.3 Å². The third-order valence-electron chi connectivity index (χ3n) is 3.22. The standard InChI is InChI=1S/C14H15ClN2S2/c15-10-1-2-13-11(9-10)12(4-7-18-13)16-5-3-14-17-6-8-19-14/h1-2,6,8-9,12,16H,3-5,7H2. The van der Waals surface area contributed by atoms with Crippen LogP contribution in [0, 0.1) is 0 Å². The lowest BCUT2D eigenvalue weighted by molar-refractivity contribution is 0.513. The molecule has 0 aliphatic carbocycles. The first-order valence-corrected chi connectivity index (χ1v) is 8.61. The van der Waals surface area contributed by atoms with Gasteiger partial charge in [0.25, 0.3) is 0 Å². The number of thioether (sulfide) groups is 1. The zero-order valence-corrected chi connectivity index (χ0v) is 12.8. The molecule has 1 aromatic heterocycles. The number of aromatic nitrogens is 1. The van der Waals surface area contributed by atoms with Crippen LogP contribution < -0.4 is 5.32 Å². The zero-order valence-electron chi connectivity index (χ0n) is 10.4. The minimum Gasteiger partial charge on any atom is -0.309 e. The van der Waals surface area contributed by atoms with E-state index in [2.05, 4.69) is 22.4 Å². The molecule has 0 saturated heterocycles. The topological polar surface area (TPSA) is 24.9 Å². The highest BCUT2D eigenvalue weighted by molar-refractivity contribution is 7.99. The van der Waals surface area contributed by atoms with E-state index in [1.807, 2.05) is 29.4 Å². The molecule has 19 heavy (non-hydrogen) atoms. The number of hydrogen-bond acceptors (Lipinski definition) is 4. The summed E-state index contributed by atoms with van der Waals surface area (Å²) in [5, 5.41) is 7.69. The Balaban J connectivity index is 1.64. The Hall–Kier alpha value is -0.550. The lowest BCUT2D eigenvalue weighted by Crippen LogP contribution is -2.26. The van der Waals surface area contributed by atoms with Gasteiger partial charge in [-0.3, -0.25) is 0 Å². The molecule has 5 heteroatoms. The summed E-state index contributed by atoms with van der Waals surface area (Å²) in [7, 11) is 0. The lowest BCUT2D eigenvalue weighted by atomic mass is 10.0. The molecule has 1 atom stereocenters. The molecule has 0 fully saturated rings. The van der Waals surface area contributed by atoms with Crippen LogP contribution in [0.15, 0.2) is 34.7 Å². The van der Waals surface area contributed by atoms with E-state index in [1.165, 1.54) is 21.2 Å². The van der Waals surface area contributed by atoms with E-state index < -0.39 is 0 Å². The summed E-state index contributed by atoms with van der Waals surface area (Å²) in [6.45, 7) is 0.967. The molecule has 100 valence electrons. The zero-order chi connectivity index (χ0) is 13.1. The van der Waals surface area contributed by atoms with Crippen molar-refractivity contribution in [2.75, 3.05) is 12.3 Å². The Kier molecular flexibility index (Phi) is 4.43. The molecule has 0 saturated carbocycles. The smallest absolute Gasteiger partial charge is 0.0937 e. The molecule has 0 spiro atoms. The van der Waals surface area contributed by atoms with Crippen molar-refractivity contribution >= 4 is 34.7 Å². The summed E-state index contributed by atoms with van der Waals surface area (Å²) >= 11 is 9.76. The third-order valence-corrected chi connectivity index (χ3v) is 5.42. The second-order valence-electron chi connectivity index (χ2n) is 4.50. The van der Waals surface area contributed by atoms with Crippen LogP contribution in [-0.2, 0) is 6.42 Å². The Bertz CT molecular complexity index is 542. The number of nitrogens with one attached hydrogen (secondary N) is 1. The Labute approximate surface area is 126 Å². The summed E-state index contributed by atoms with van der Waals surface area (Å²) in [5.74, 6) is 1.17. The maximum Gasteiger partial charge on any atom is 0.0937 e. The van der Waals surface area contributed by atoms with Gasteiger partial charge in [0.1, 0.15) is 0 Å². The van der Waals surface area contributed by atoms with Gasteiger partial charge < -0.3 is 5.32 Å². The monoisotopic (exact) mass is 310 g/mol. The minimum atomic E-state index is 0.426. The Morgan fingerprint density at radius 2 is 2.37 bits per heavy atom. The summed E-state index contributed by atoms with van der Waals surface area (Å²) in [5.41, 5.74) is 1.35. The number of halogens is 1. The van der Waals surface area contributed by atoms with Crippen LogP contribution in [0.4, 0.5) is 0 Å². The highest BCUT2D eigenvalue weighted by Crippen LogP contribution is 2.37. The lowest BCUT2D eigenvalue weighted by Gasteiger charge is -2.26. The van der Waals surface area contributed by atoms with Gasteiger partial charge in [-0.25, -0.2) is 4.98 Å². The summed E-state index contributed by atoms with van der Waals surface area (Å²) in [4.78, 5) is 5.67. The average molecular weight is 311 g/mol. The van der Waals surface area contributed by atoms with Crippen molar-refractivity contribution in [3.05, 3.63) is 45.4 Å². The maximum absolute atomic E-state index is 6.11. The second kappa shape index (κ2) is 6.27. The van der Waals surface area contributed by atoms with E-state index in [-0.39, 0.29) is 0 Å². The van der Waals surface area contributed by atoms with Crippen molar-refractivity contribution in [1.29, 1.82) is 0 Å². The fourth-order valence-corrected chi connectivity index (χ4v) is 4.21. The molecule has 1 unspecified atom stereocenters. The van der Waals surface area contributed by atoms with Gasteiger partial charge in [-0.2, -0.15) is 0 Å². The molecular weight excluding hydrogens is 296 g/mol. The number of benzene rings is 1. The van der Waals surface area contributed by atoms with Crippen molar-refractivity contribution in [2.24, 2.45) is 0 Å². The average Bonchev–Trinajstić information content (AvgIpc) is 2.92. The van der Waals surface area contributed by atoms with Crippen molar-refractivity contribution in [3.63, 3.8) is 0 Å². The largest absolute Gasteiger partial charge is 0.309 e. The molecule has 1 aliphatic rings. The molecule has 1 aliphatic heterocycles. The summed E-state index contributed by atoms with van der Waals surface area (Å²) in [6.07, 6.45) is 4.03. The maximum atomic E-state index is 6.11. The van der Waals surface area contributed by atoms with Crippen LogP contribution in [0.5, 0.6) is 0 Å². The first kappa shape index (κ1) is 13.4. The molecule has 2 aromatic rings. The van der Waals surface area contributed by atoms with Gasteiger partial charge in [-0.05, 0) is 35.9 Å². The van der Waals surface area contributed by atoms with Crippen LogP contribution in [0.2, 0.25) is 5.02 Å². The number of thiazole rings is 1. The molecule has 2 heterocycles. The number of hydrogen-bond donors (Lipinski definition) is 1. The van der Waals surface area contributed by atoms with E-state index in [9.17, 15) is 0 Å².